The van der Waals surface area contributed by atoms with Crippen LogP contribution in [0.5, 0.6) is 0 Å². The predicted molar refractivity (Wildman–Crippen MR) is 67.1 cm³/mol. The molecule has 0 saturated carbocycles. The van der Waals surface area contributed by atoms with E-state index < -0.39 is 0 Å². The van der Waals surface area contributed by atoms with Crippen molar-refractivity contribution < 1.29 is 0 Å². The van der Waals surface area contributed by atoms with Gasteiger partial charge in [-0.25, -0.2) is 0 Å². The van der Waals surface area contributed by atoms with E-state index in [2.05, 4.69) is 57.3 Å². The van der Waals surface area contributed by atoms with Crippen molar-refractivity contribution in [3.8, 4) is 0 Å². The summed E-state index contributed by atoms with van der Waals surface area (Å²) >= 11 is 0. The van der Waals surface area contributed by atoms with Gasteiger partial charge in [-0.3, -0.25) is 0 Å². The molecule has 0 heterocycles. The average Bonchev–Trinajstić information content (AvgIpc) is 2.21. The lowest BCUT2D eigenvalue weighted by atomic mass is 10.0. The molecule has 1 heteroatoms. The highest BCUT2D eigenvalue weighted by Crippen LogP contribution is 2.17. The molecule has 1 unspecified atom stereocenters. The van der Waals surface area contributed by atoms with Gasteiger partial charge in [-0.15, -0.1) is 0 Å². The molecule has 0 aromatic heterocycles. The van der Waals surface area contributed by atoms with Crippen LogP contribution in [0.25, 0.3) is 0 Å². The van der Waals surface area contributed by atoms with E-state index in [1.165, 1.54) is 11.1 Å². The lowest BCUT2D eigenvalue weighted by molar-refractivity contribution is 0.465. The fourth-order valence-electron chi connectivity index (χ4n) is 1.67. The SMILES string of the molecule is CCC(NCC(C)C)c1ccc(C)cc1. The third-order valence-corrected chi connectivity index (χ3v) is 2.66. The highest BCUT2D eigenvalue weighted by atomic mass is 14.9. The minimum Gasteiger partial charge on any atom is -0.310 e. The van der Waals surface area contributed by atoms with Gasteiger partial charge in [0.05, 0.1) is 0 Å². The molecule has 0 aliphatic heterocycles. The Bertz CT molecular complexity index is 274. The Labute approximate surface area is 93.9 Å². The van der Waals surface area contributed by atoms with Crippen molar-refractivity contribution in [3.05, 3.63) is 35.4 Å². The first-order valence-corrected chi connectivity index (χ1v) is 5.93. The summed E-state index contributed by atoms with van der Waals surface area (Å²) in [5.74, 6) is 0.712. The summed E-state index contributed by atoms with van der Waals surface area (Å²) in [5, 5.41) is 3.60. The Hall–Kier alpha value is -0.820. The van der Waals surface area contributed by atoms with E-state index in [-0.39, 0.29) is 0 Å². The van der Waals surface area contributed by atoms with E-state index in [4.69, 9.17) is 0 Å². The number of nitrogens with one attached hydrogen (secondary N) is 1. The van der Waals surface area contributed by atoms with Gasteiger partial charge in [-0.2, -0.15) is 0 Å². The number of benzene rings is 1. The van der Waals surface area contributed by atoms with Crippen molar-refractivity contribution >= 4 is 0 Å². The van der Waals surface area contributed by atoms with Crippen LogP contribution in [0, 0.1) is 12.8 Å². The summed E-state index contributed by atoms with van der Waals surface area (Å²) in [4.78, 5) is 0. The van der Waals surface area contributed by atoms with E-state index in [9.17, 15) is 0 Å². The van der Waals surface area contributed by atoms with Crippen LogP contribution >= 0.6 is 0 Å². The minimum atomic E-state index is 0.507. The minimum absolute atomic E-state index is 0.507. The molecule has 0 saturated heterocycles. The fourth-order valence-corrected chi connectivity index (χ4v) is 1.67. The molecule has 0 aliphatic rings. The molecular formula is C14H23N. The molecule has 1 N–H and O–H groups in total. The Balaban J connectivity index is 2.61. The summed E-state index contributed by atoms with van der Waals surface area (Å²) in [6.07, 6.45) is 1.15. The molecule has 15 heavy (non-hydrogen) atoms. The zero-order valence-electron chi connectivity index (χ0n) is 10.4. The maximum atomic E-state index is 3.60. The van der Waals surface area contributed by atoms with E-state index in [1.807, 2.05) is 0 Å². The first-order chi connectivity index (χ1) is 7.13. The molecule has 1 atom stereocenters. The van der Waals surface area contributed by atoms with E-state index in [0.29, 0.717) is 12.0 Å². The van der Waals surface area contributed by atoms with Crippen LogP contribution in [0.2, 0.25) is 0 Å². The van der Waals surface area contributed by atoms with Crippen LogP contribution in [0.4, 0.5) is 0 Å². The highest BCUT2D eigenvalue weighted by Gasteiger charge is 2.08. The number of hydrogen-bond acceptors (Lipinski definition) is 1. The molecule has 1 aromatic carbocycles. The van der Waals surface area contributed by atoms with Crippen molar-refractivity contribution in [2.75, 3.05) is 6.54 Å². The number of hydrogen-bond donors (Lipinski definition) is 1. The Kier molecular flexibility index (Phi) is 4.83. The van der Waals surface area contributed by atoms with Crippen molar-refractivity contribution in [3.63, 3.8) is 0 Å². The molecule has 0 amide bonds. The normalized spacial score (nSPS) is 13.1. The second-order valence-electron chi connectivity index (χ2n) is 4.67. The summed E-state index contributed by atoms with van der Waals surface area (Å²) in [6.45, 7) is 9.94. The molecule has 84 valence electrons. The smallest absolute Gasteiger partial charge is 0.0317 e. The van der Waals surface area contributed by atoms with E-state index in [1.54, 1.807) is 0 Å². The largest absolute Gasteiger partial charge is 0.310 e. The van der Waals surface area contributed by atoms with Gasteiger partial charge in [0.25, 0.3) is 0 Å². The third-order valence-electron chi connectivity index (χ3n) is 2.66. The summed E-state index contributed by atoms with van der Waals surface area (Å²) in [6, 6.07) is 9.35. The van der Waals surface area contributed by atoms with Crippen molar-refractivity contribution in [2.45, 2.75) is 40.2 Å². The number of aryl methyl sites for hydroxylation is 1. The van der Waals surface area contributed by atoms with Crippen molar-refractivity contribution in [1.29, 1.82) is 0 Å². The average molecular weight is 205 g/mol. The van der Waals surface area contributed by atoms with Crippen LogP contribution < -0.4 is 5.32 Å². The lowest BCUT2D eigenvalue weighted by Crippen LogP contribution is -2.24. The zero-order chi connectivity index (χ0) is 11.3. The quantitative estimate of drug-likeness (QED) is 0.773. The van der Waals surface area contributed by atoms with Crippen LogP contribution in [0.15, 0.2) is 24.3 Å². The van der Waals surface area contributed by atoms with E-state index >= 15 is 0 Å². The molecule has 0 radical (unpaired) electrons. The molecule has 0 aliphatic carbocycles. The lowest BCUT2D eigenvalue weighted by Gasteiger charge is -2.19. The molecule has 0 bridgehead atoms. The Morgan fingerprint density at radius 1 is 1.13 bits per heavy atom. The summed E-state index contributed by atoms with van der Waals surface area (Å²) < 4.78 is 0. The fraction of sp³-hybridized carbons (Fsp3) is 0.571. The van der Waals surface area contributed by atoms with E-state index in [0.717, 1.165) is 13.0 Å². The van der Waals surface area contributed by atoms with Crippen molar-refractivity contribution in [2.24, 2.45) is 5.92 Å². The molecule has 0 spiro atoms. The maximum Gasteiger partial charge on any atom is 0.0317 e. The second-order valence-corrected chi connectivity index (χ2v) is 4.67. The van der Waals surface area contributed by atoms with Gasteiger partial charge >= 0.3 is 0 Å². The first kappa shape index (κ1) is 12.3. The van der Waals surface area contributed by atoms with Crippen LogP contribution in [-0.4, -0.2) is 6.54 Å². The molecular weight excluding hydrogens is 182 g/mol. The molecule has 1 rings (SSSR count). The Morgan fingerprint density at radius 2 is 1.73 bits per heavy atom. The van der Waals surface area contributed by atoms with Gasteiger partial charge in [0.15, 0.2) is 0 Å². The predicted octanol–water partition coefficient (Wildman–Crippen LogP) is 3.69. The summed E-state index contributed by atoms with van der Waals surface area (Å²) in [5.41, 5.74) is 2.74. The van der Waals surface area contributed by atoms with Gasteiger partial charge in [0.2, 0.25) is 0 Å². The van der Waals surface area contributed by atoms with Gasteiger partial charge in [-0.05, 0) is 31.4 Å². The highest BCUT2D eigenvalue weighted by molar-refractivity contribution is 5.23. The molecule has 0 fully saturated rings. The van der Waals surface area contributed by atoms with Gasteiger partial charge < -0.3 is 5.32 Å². The zero-order valence-corrected chi connectivity index (χ0v) is 10.4. The molecule has 1 aromatic rings. The topological polar surface area (TPSA) is 12.0 Å². The van der Waals surface area contributed by atoms with Crippen LogP contribution in [0.1, 0.15) is 44.4 Å². The van der Waals surface area contributed by atoms with Crippen LogP contribution in [-0.2, 0) is 0 Å². The first-order valence-electron chi connectivity index (χ1n) is 5.93. The van der Waals surface area contributed by atoms with Crippen LogP contribution in [0.3, 0.4) is 0 Å². The summed E-state index contributed by atoms with van der Waals surface area (Å²) in [7, 11) is 0. The van der Waals surface area contributed by atoms with Crippen molar-refractivity contribution in [1.82, 2.24) is 5.32 Å². The standard InChI is InChI=1S/C14H23N/c1-5-14(15-10-11(2)3)13-8-6-12(4)7-9-13/h6-9,11,14-15H,5,10H2,1-4H3. The molecule has 1 nitrogen and oxygen atoms in total. The monoisotopic (exact) mass is 205 g/mol. The Morgan fingerprint density at radius 3 is 2.20 bits per heavy atom. The third kappa shape index (κ3) is 4.05. The number of rotatable bonds is 5. The van der Waals surface area contributed by atoms with Gasteiger partial charge in [-0.1, -0.05) is 50.6 Å². The van der Waals surface area contributed by atoms with Gasteiger partial charge in [0.1, 0.15) is 0 Å². The maximum absolute atomic E-state index is 3.60. The second kappa shape index (κ2) is 5.92. The van der Waals surface area contributed by atoms with Gasteiger partial charge in [0, 0.05) is 6.04 Å².